The summed E-state index contributed by atoms with van der Waals surface area (Å²) in [6.07, 6.45) is -1.87. The molecule has 0 atom stereocenters. The smallest absolute Gasteiger partial charge is 0.407 e. The van der Waals surface area contributed by atoms with Crippen molar-refractivity contribution in [1.82, 2.24) is 10.6 Å². The maximum atomic E-state index is 11.5. The van der Waals surface area contributed by atoms with Crippen molar-refractivity contribution in [3.63, 3.8) is 0 Å². The van der Waals surface area contributed by atoms with E-state index in [4.69, 9.17) is 24.1 Å². The van der Waals surface area contributed by atoms with Crippen molar-refractivity contribution >= 4 is 30.1 Å². The lowest BCUT2D eigenvalue weighted by molar-refractivity contribution is -0.145. The van der Waals surface area contributed by atoms with E-state index in [0.717, 1.165) is 0 Å². The van der Waals surface area contributed by atoms with Crippen LogP contribution in [0.2, 0.25) is 0 Å². The van der Waals surface area contributed by atoms with Gasteiger partial charge in [-0.1, -0.05) is 13.2 Å². The average molecular weight is 430 g/mol. The number of amides is 2. The molecule has 0 aliphatic carbocycles. The van der Waals surface area contributed by atoms with Gasteiger partial charge in [0.15, 0.2) is 0 Å². The van der Waals surface area contributed by atoms with Crippen LogP contribution in [-0.2, 0) is 33.3 Å². The number of carbonyl (C=O) groups is 5. The predicted molar refractivity (Wildman–Crippen MR) is 101 cm³/mol. The van der Waals surface area contributed by atoms with Crippen LogP contribution < -0.4 is 10.6 Å². The molecule has 2 amide bonds. The molecule has 0 aromatic carbocycles. The van der Waals surface area contributed by atoms with Gasteiger partial charge in [0.1, 0.15) is 32.3 Å². The van der Waals surface area contributed by atoms with Gasteiger partial charge >= 0.3 is 30.1 Å². The number of hydrogen-bond acceptors (Lipinski definition) is 9. The normalized spacial score (nSPS) is 9.83. The molecule has 0 saturated carbocycles. The van der Waals surface area contributed by atoms with Crippen molar-refractivity contribution in [1.29, 1.82) is 0 Å². The van der Waals surface area contributed by atoms with E-state index in [-0.39, 0.29) is 37.4 Å². The minimum Gasteiger partial charge on any atom is -0.481 e. The molecular formula is C18H26N2O10. The van der Waals surface area contributed by atoms with Crippen LogP contribution in [0, 0.1) is 5.92 Å². The van der Waals surface area contributed by atoms with E-state index in [9.17, 15) is 24.0 Å². The zero-order valence-electron chi connectivity index (χ0n) is 16.9. The first-order valence-electron chi connectivity index (χ1n) is 8.73. The van der Waals surface area contributed by atoms with Crippen molar-refractivity contribution in [3.05, 3.63) is 24.3 Å². The third kappa shape index (κ3) is 12.8. The second-order valence-corrected chi connectivity index (χ2v) is 5.92. The minimum atomic E-state index is -1.35. The average Bonchev–Trinajstić information content (AvgIpc) is 2.67. The quantitative estimate of drug-likeness (QED) is 0.161. The van der Waals surface area contributed by atoms with Crippen LogP contribution in [0.4, 0.5) is 9.59 Å². The first-order chi connectivity index (χ1) is 14.0. The highest BCUT2D eigenvalue weighted by molar-refractivity contribution is 5.87. The number of carboxylic acids is 1. The van der Waals surface area contributed by atoms with E-state index in [2.05, 4.69) is 23.8 Å². The Kier molecular flexibility index (Phi) is 12.7. The van der Waals surface area contributed by atoms with Crippen LogP contribution in [0.5, 0.6) is 0 Å². The molecule has 0 aromatic heterocycles. The second kappa shape index (κ2) is 14.4. The fraction of sp³-hybridized carbons (Fsp3) is 0.500. The van der Waals surface area contributed by atoms with Crippen molar-refractivity contribution in [2.75, 3.05) is 39.5 Å². The van der Waals surface area contributed by atoms with Crippen molar-refractivity contribution in [3.8, 4) is 0 Å². The number of hydrogen-bond donors (Lipinski definition) is 3. The number of carbonyl (C=O) groups excluding carboxylic acids is 4. The predicted octanol–water partition coefficient (Wildman–Crippen LogP) is 0.378. The van der Waals surface area contributed by atoms with Gasteiger partial charge in [-0.15, -0.1) is 0 Å². The molecule has 0 fully saturated rings. The van der Waals surface area contributed by atoms with Gasteiger partial charge in [-0.05, 0) is 13.8 Å². The molecule has 0 aromatic rings. The van der Waals surface area contributed by atoms with Gasteiger partial charge in [0.05, 0.1) is 13.1 Å². The highest BCUT2D eigenvalue weighted by Crippen LogP contribution is 2.00. The summed E-state index contributed by atoms with van der Waals surface area (Å²) in [5, 5.41) is 13.6. The summed E-state index contributed by atoms with van der Waals surface area (Å²) in [6, 6.07) is 0. The zero-order valence-corrected chi connectivity index (χ0v) is 16.9. The number of aliphatic carboxylic acids is 1. The number of carboxylic acid groups (broad SMARTS) is 1. The molecule has 12 heteroatoms. The number of nitrogens with one attached hydrogen (secondary N) is 2. The number of rotatable bonds is 13. The van der Waals surface area contributed by atoms with Crippen LogP contribution in [-0.4, -0.2) is 74.7 Å². The molecule has 0 aliphatic rings. The van der Waals surface area contributed by atoms with Gasteiger partial charge in [-0.3, -0.25) is 4.79 Å². The first-order valence-corrected chi connectivity index (χ1v) is 8.73. The molecule has 0 unspecified atom stereocenters. The number of esters is 2. The summed E-state index contributed by atoms with van der Waals surface area (Å²) in [5.74, 6) is -3.87. The van der Waals surface area contributed by atoms with Crippen molar-refractivity contribution < 1.29 is 48.0 Å². The summed E-state index contributed by atoms with van der Waals surface area (Å²) in [5.41, 5.74) is 0.414. The van der Waals surface area contributed by atoms with E-state index in [0.29, 0.717) is 0 Å². The summed E-state index contributed by atoms with van der Waals surface area (Å²) in [6.45, 7) is 8.27. The van der Waals surface area contributed by atoms with E-state index in [1.54, 1.807) is 0 Å². The molecule has 3 N–H and O–H groups in total. The molecular weight excluding hydrogens is 404 g/mol. The number of alkyl carbamates (subject to hydrolysis) is 2. The Labute approximate surface area is 173 Å². The van der Waals surface area contributed by atoms with E-state index < -0.39 is 49.2 Å². The summed E-state index contributed by atoms with van der Waals surface area (Å²) < 4.78 is 19.0. The monoisotopic (exact) mass is 430 g/mol. The lowest BCUT2D eigenvalue weighted by Gasteiger charge is -2.14. The third-order valence-corrected chi connectivity index (χ3v) is 3.09. The summed E-state index contributed by atoms with van der Waals surface area (Å²) in [7, 11) is 0. The molecule has 168 valence electrons. The highest BCUT2D eigenvalue weighted by Gasteiger charge is 2.22. The fourth-order valence-electron chi connectivity index (χ4n) is 1.49. The molecule has 0 saturated heterocycles. The Morgan fingerprint density at radius 3 is 1.43 bits per heavy atom. The molecule has 0 aliphatic heterocycles. The number of ether oxygens (including phenoxy) is 4. The van der Waals surface area contributed by atoms with Crippen molar-refractivity contribution in [2.24, 2.45) is 5.92 Å². The van der Waals surface area contributed by atoms with Crippen LogP contribution in [0.25, 0.3) is 0 Å². The van der Waals surface area contributed by atoms with Gasteiger partial charge < -0.3 is 34.7 Å². The van der Waals surface area contributed by atoms with Crippen LogP contribution in [0.3, 0.4) is 0 Å². The summed E-state index contributed by atoms with van der Waals surface area (Å²) in [4.78, 5) is 56.5. The lowest BCUT2D eigenvalue weighted by Crippen LogP contribution is -2.35. The van der Waals surface area contributed by atoms with Gasteiger partial charge in [0.2, 0.25) is 0 Å². The SMILES string of the molecule is C=C(C)C(=O)OCCNC(=O)OCC(COC(=O)NCCOC(=O)C(=C)C)C(=O)O. The van der Waals surface area contributed by atoms with Gasteiger partial charge in [0, 0.05) is 11.1 Å². The second-order valence-electron chi connectivity index (χ2n) is 5.92. The lowest BCUT2D eigenvalue weighted by atomic mass is 10.2. The fourth-order valence-corrected chi connectivity index (χ4v) is 1.49. The Morgan fingerprint density at radius 1 is 0.767 bits per heavy atom. The third-order valence-electron chi connectivity index (χ3n) is 3.09. The molecule has 0 heterocycles. The largest absolute Gasteiger partial charge is 0.481 e. The van der Waals surface area contributed by atoms with Gasteiger partial charge in [-0.2, -0.15) is 0 Å². The maximum Gasteiger partial charge on any atom is 0.407 e. The van der Waals surface area contributed by atoms with Gasteiger partial charge in [-0.25, -0.2) is 19.2 Å². The Bertz CT molecular complexity index is 624. The Balaban J connectivity index is 4.07. The van der Waals surface area contributed by atoms with Crippen LogP contribution >= 0.6 is 0 Å². The summed E-state index contributed by atoms with van der Waals surface area (Å²) >= 11 is 0. The van der Waals surface area contributed by atoms with Crippen molar-refractivity contribution in [2.45, 2.75) is 13.8 Å². The minimum absolute atomic E-state index is 0.0511. The molecule has 12 nitrogen and oxygen atoms in total. The molecule has 0 radical (unpaired) electrons. The first kappa shape index (κ1) is 26.4. The van der Waals surface area contributed by atoms with E-state index in [1.165, 1.54) is 13.8 Å². The molecule has 0 spiro atoms. The molecule has 0 bridgehead atoms. The van der Waals surface area contributed by atoms with E-state index in [1.807, 2.05) is 0 Å². The Morgan fingerprint density at radius 2 is 1.13 bits per heavy atom. The highest BCUT2D eigenvalue weighted by atomic mass is 16.6. The van der Waals surface area contributed by atoms with Crippen LogP contribution in [0.1, 0.15) is 13.8 Å². The van der Waals surface area contributed by atoms with E-state index >= 15 is 0 Å². The van der Waals surface area contributed by atoms with Crippen LogP contribution in [0.15, 0.2) is 24.3 Å². The molecule has 30 heavy (non-hydrogen) atoms. The van der Waals surface area contributed by atoms with Gasteiger partial charge in [0.25, 0.3) is 0 Å². The topological polar surface area (TPSA) is 167 Å². The Hall–Kier alpha value is -3.57. The molecule has 0 rings (SSSR count). The zero-order chi connectivity index (χ0) is 23.1. The maximum absolute atomic E-state index is 11.5. The standard InChI is InChI=1S/C18H26N2O10/c1-11(2)15(23)27-7-5-19-17(25)29-9-13(14(21)22)10-30-18(26)20-6-8-28-16(24)12(3)4/h13H,1,3,5-10H2,2,4H3,(H,19,25)(H,20,26)(H,21,22).